The second-order valence-electron chi connectivity index (χ2n) is 5.94. The first-order chi connectivity index (χ1) is 11.5. The van der Waals surface area contributed by atoms with E-state index in [1.54, 1.807) is 6.92 Å². The van der Waals surface area contributed by atoms with Crippen molar-refractivity contribution in [2.75, 3.05) is 24.6 Å². The van der Waals surface area contributed by atoms with E-state index in [1.165, 1.54) is 11.8 Å². The molecule has 0 unspecified atom stereocenters. The average molecular weight is 366 g/mol. The van der Waals surface area contributed by atoms with Crippen molar-refractivity contribution < 1.29 is 31.5 Å². The highest BCUT2D eigenvalue weighted by atomic mass is 19.4. The lowest BCUT2D eigenvalue weighted by molar-refractivity contribution is -0.141. The number of carbonyl (C=O) groups excluding carboxylic acids is 1. The van der Waals surface area contributed by atoms with Crippen molar-refractivity contribution in [3.05, 3.63) is 22.9 Å². The van der Waals surface area contributed by atoms with Gasteiger partial charge in [-0.3, -0.25) is 0 Å². The van der Waals surface area contributed by atoms with Gasteiger partial charge >= 0.3 is 12.1 Å². The first kappa shape index (κ1) is 19.4. The van der Waals surface area contributed by atoms with Gasteiger partial charge in [0.15, 0.2) is 0 Å². The Kier molecular flexibility index (Phi) is 5.53. The van der Waals surface area contributed by atoms with E-state index >= 15 is 0 Å². The fraction of sp³-hybridized carbons (Fsp3) is 0.625. The lowest BCUT2D eigenvalue weighted by atomic mass is 10.1. The van der Waals surface area contributed by atoms with Gasteiger partial charge < -0.3 is 9.64 Å². The number of anilines is 1. The van der Waals surface area contributed by atoms with Crippen molar-refractivity contribution in [3.8, 4) is 0 Å². The Bertz CT molecular complexity index is 646. The number of aryl methyl sites for hydroxylation is 1. The van der Waals surface area contributed by atoms with Crippen molar-refractivity contribution in [1.29, 1.82) is 0 Å². The third-order valence-corrected chi connectivity index (χ3v) is 3.99. The van der Waals surface area contributed by atoms with E-state index in [0.29, 0.717) is 0 Å². The maximum Gasteiger partial charge on any atom is 0.433 e. The van der Waals surface area contributed by atoms with Crippen molar-refractivity contribution in [2.24, 2.45) is 0 Å². The van der Waals surface area contributed by atoms with Gasteiger partial charge in [-0.15, -0.1) is 0 Å². The molecule has 0 radical (unpaired) electrons. The molecule has 1 aliphatic rings. The van der Waals surface area contributed by atoms with Crippen molar-refractivity contribution >= 4 is 11.8 Å². The van der Waals surface area contributed by atoms with Gasteiger partial charge in [0.2, 0.25) is 5.92 Å². The number of rotatable bonds is 3. The first-order valence-electron chi connectivity index (χ1n) is 7.94. The van der Waals surface area contributed by atoms with E-state index in [0.717, 1.165) is 6.07 Å². The van der Waals surface area contributed by atoms with Crippen LogP contribution in [0.15, 0.2) is 6.07 Å². The molecule has 0 bridgehead atoms. The molecule has 1 saturated heterocycles. The summed E-state index contributed by atoms with van der Waals surface area (Å²) in [5, 5.41) is 0. The molecule has 0 atom stereocenters. The molecule has 0 aliphatic carbocycles. The number of halogens is 5. The van der Waals surface area contributed by atoms with Crippen LogP contribution in [0.4, 0.5) is 27.8 Å². The van der Waals surface area contributed by atoms with Gasteiger partial charge in [-0.1, -0.05) is 0 Å². The Balaban J connectivity index is 2.51. The van der Waals surface area contributed by atoms with Crippen LogP contribution < -0.4 is 4.90 Å². The zero-order chi connectivity index (χ0) is 18.8. The van der Waals surface area contributed by atoms with Crippen LogP contribution in [0.5, 0.6) is 0 Å². The molecule has 25 heavy (non-hydrogen) atoms. The molecule has 1 aromatic heterocycles. The van der Waals surface area contributed by atoms with Crippen LogP contribution in [0.25, 0.3) is 0 Å². The minimum absolute atomic E-state index is 0.0385. The van der Waals surface area contributed by atoms with E-state index in [2.05, 4.69) is 4.98 Å². The number of pyridine rings is 1. The van der Waals surface area contributed by atoms with Crippen LogP contribution in [0, 0.1) is 6.92 Å². The molecule has 140 valence electrons. The van der Waals surface area contributed by atoms with Gasteiger partial charge in [0, 0.05) is 25.9 Å². The van der Waals surface area contributed by atoms with Crippen LogP contribution in [0.2, 0.25) is 0 Å². The number of hydrogen-bond donors (Lipinski definition) is 0. The second kappa shape index (κ2) is 7.13. The van der Waals surface area contributed by atoms with Crippen molar-refractivity contribution in [2.45, 2.75) is 45.2 Å². The Morgan fingerprint density at radius 1 is 1.32 bits per heavy atom. The molecule has 0 saturated carbocycles. The molecule has 0 N–H and O–H groups in total. The normalized spacial score (nSPS) is 18.0. The summed E-state index contributed by atoms with van der Waals surface area (Å²) >= 11 is 0. The Hall–Kier alpha value is -1.93. The molecule has 0 spiro atoms. The maximum atomic E-state index is 13.6. The number of alkyl halides is 5. The average Bonchev–Trinajstić information content (AvgIpc) is 2.66. The number of ether oxygens (including phenoxy) is 1. The fourth-order valence-corrected chi connectivity index (χ4v) is 2.76. The number of esters is 1. The quantitative estimate of drug-likeness (QED) is 0.594. The van der Waals surface area contributed by atoms with Gasteiger partial charge in [-0.25, -0.2) is 18.6 Å². The summed E-state index contributed by atoms with van der Waals surface area (Å²) in [4.78, 5) is 17.1. The minimum Gasteiger partial charge on any atom is -0.462 e. The summed E-state index contributed by atoms with van der Waals surface area (Å²) in [5.41, 5.74) is -1.23. The third kappa shape index (κ3) is 4.58. The van der Waals surface area contributed by atoms with Crippen molar-refractivity contribution in [3.63, 3.8) is 0 Å². The zero-order valence-corrected chi connectivity index (χ0v) is 13.9. The van der Waals surface area contributed by atoms with Gasteiger partial charge in [0.25, 0.3) is 0 Å². The summed E-state index contributed by atoms with van der Waals surface area (Å²) in [6.45, 7) is 2.86. The number of aromatic nitrogens is 1. The Morgan fingerprint density at radius 2 is 2.00 bits per heavy atom. The summed E-state index contributed by atoms with van der Waals surface area (Å²) in [5.74, 6) is -3.94. The van der Waals surface area contributed by atoms with E-state index in [4.69, 9.17) is 4.74 Å². The van der Waals surface area contributed by atoms with E-state index in [1.807, 2.05) is 0 Å². The standard InChI is InChI=1S/C16H19F5N2O2/c1-3-25-14(24)12-10(2)9-11(16(19,20)21)22-13(12)23-7-4-5-15(17,18)6-8-23/h9H,3-8H2,1-2H3. The van der Waals surface area contributed by atoms with Crippen LogP contribution in [0.1, 0.15) is 47.8 Å². The molecular weight excluding hydrogens is 347 g/mol. The molecule has 9 heteroatoms. The molecule has 0 amide bonds. The Morgan fingerprint density at radius 3 is 2.60 bits per heavy atom. The van der Waals surface area contributed by atoms with Gasteiger partial charge in [-0.05, 0) is 31.9 Å². The lowest BCUT2D eigenvalue weighted by Crippen LogP contribution is -2.30. The fourth-order valence-electron chi connectivity index (χ4n) is 2.76. The summed E-state index contributed by atoms with van der Waals surface area (Å²) in [6, 6.07) is 0.766. The van der Waals surface area contributed by atoms with Crippen LogP contribution in [0.3, 0.4) is 0 Å². The largest absolute Gasteiger partial charge is 0.462 e. The minimum atomic E-state index is -4.71. The molecule has 2 heterocycles. The monoisotopic (exact) mass is 366 g/mol. The van der Waals surface area contributed by atoms with Gasteiger partial charge in [0.05, 0.1) is 6.61 Å². The lowest BCUT2D eigenvalue weighted by Gasteiger charge is -2.25. The molecule has 4 nitrogen and oxygen atoms in total. The molecule has 1 aliphatic heterocycles. The van der Waals surface area contributed by atoms with Crippen LogP contribution in [-0.4, -0.2) is 36.6 Å². The maximum absolute atomic E-state index is 13.6. The molecule has 2 rings (SSSR count). The van der Waals surface area contributed by atoms with E-state index < -0.39 is 30.2 Å². The van der Waals surface area contributed by atoms with E-state index in [9.17, 15) is 26.7 Å². The molecule has 0 aromatic carbocycles. The molecular formula is C16H19F5N2O2. The smallest absolute Gasteiger partial charge is 0.433 e. The number of carbonyl (C=O) groups is 1. The highest BCUT2D eigenvalue weighted by Gasteiger charge is 2.37. The van der Waals surface area contributed by atoms with Crippen LogP contribution in [-0.2, 0) is 10.9 Å². The highest BCUT2D eigenvalue weighted by molar-refractivity contribution is 5.96. The SMILES string of the molecule is CCOC(=O)c1c(C)cc(C(F)(F)F)nc1N1CCCC(F)(F)CC1. The molecule has 1 aromatic rings. The second-order valence-corrected chi connectivity index (χ2v) is 5.94. The number of nitrogens with zero attached hydrogens (tertiary/aromatic N) is 2. The van der Waals surface area contributed by atoms with Gasteiger partial charge in [-0.2, -0.15) is 13.2 Å². The topological polar surface area (TPSA) is 42.4 Å². The predicted molar refractivity (Wildman–Crippen MR) is 80.9 cm³/mol. The summed E-state index contributed by atoms with van der Waals surface area (Å²) < 4.78 is 71.3. The van der Waals surface area contributed by atoms with E-state index in [-0.39, 0.29) is 49.5 Å². The Labute approximate surface area is 142 Å². The number of hydrogen-bond acceptors (Lipinski definition) is 4. The first-order valence-corrected chi connectivity index (χ1v) is 7.94. The molecule has 1 fully saturated rings. The van der Waals surface area contributed by atoms with Gasteiger partial charge in [0.1, 0.15) is 17.1 Å². The van der Waals surface area contributed by atoms with Crippen LogP contribution >= 0.6 is 0 Å². The van der Waals surface area contributed by atoms with Crippen molar-refractivity contribution in [1.82, 2.24) is 4.98 Å². The highest BCUT2D eigenvalue weighted by Crippen LogP contribution is 2.35. The predicted octanol–water partition coefficient (Wildman–Crippen LogP) is 4.21. The summed E-state index contributed by atoms with van der Waals surface area (Å²) in [6.07, 6.45) is -5.48. The summed E-state index contributed by atoms with van der Waals surface area (Å²) in [7, 11) is 0. The zero-order valence-electron chi connectivity index (χ0n) is 13.9. The third-order valence-electron chi connectivity index (χ3n) is 3.99.